The van der Waals surface area contributed by atoms with Crippen molar-refractivity contribution < 1.29 is 14.3 Å². The number of ether oxygens (including phenoxy) is 1. The van der Waals surface area contributed by atoms with Crippen LogP contribution in [0.5, 0.6) is 5.75 Å². The highest BCUT2D eigenvalue weighted by molar-refractivity contribution is 8.00. The van der Waals surface area contributed by atoms with Crippen LogP contribution >= 0.6 is 23.4 Å². The van der Waals surface area contributed by atoms with Gasteiger partial charge in [-0.05, 0) is 49.4 Å². The molecule has 2 amide bonds. The molecule has 0 spiro atoms. The predicted octanol–water partition coefficient (Wildman–Crippen LogP) is 5.77. The molecule has 0 aromatic heterocycles. The van der Waals surface area contributed by atoms with Crippen LogP contribution in [0, 0.1) is 0 Å². The summed E-state index contributed by atoms with van der Waals surface area (Å²) < 4.78 is 5.51. The van der Waals surface area contributed by atoms with Crippen LogP contribution in [0.3, 0.4) is 0 Å². The first-order chi connectivity index (χ1) is 15.1. The average Bonchev–Trinajstić information content (AvgIpc) is 3.16. The van der Waals surface area contributed by atoms with E-state index in [1.54, 1.807) is 29.2 Å². The Hall–Kier alpha value is -2.96. The lowest BCUT2D eigenvalue weighted by Gasteiger charge is -2.26. The second kappa shape index (κ2) is 9.45. The molecular weight excluding hydrogens is 432 g/mol. The van der Waals surface area contributed by atoms with Crippen LogP contribution in [-0.4, -0.2) is 24.2 Å². The van der Waals surface area contributed by atoms with Crippen LogP contribution in [0.4, 0.5) is 11.4 Å². The van der Waals surface area contributed by atoms with Gasteiger partial charge in [0, 0.05) is 16.9 Å². The summed E-state index contributed by atoms with van der Waals surface area (Å²) in [6.45, 7) is 2.51. The normalized spacial score (nSPS) is 15.7. The lowest BCUT2D eigenvalue weighted by atomic mass is 10.1. The van der Waals surface area contributed by atoms with Gasteiger partial charge < -0.3 is 10.1 Å². The standard InChI is InChI=1S/C24H21ClN2O3S/c1-2-30-17-13-11-16(12-14-17)27-22(28)15-31-24(27)19-8-4-6-10-21(19)26-23(29)18-7-3-5-9-20(18)25/h3-14,24H,2,15H2,1H3,(H,26,29). The zero-order chi connectivity index (χ0) is 21.8. The van der Waals surface area contributed by atoms with E-state index in [-0.39, 0.29) is 17.2 Å². The molecule has 7 heteroatoms. The van der Waals surface area contributed by atoms with Crippen LogP contribution in [0.25, 0.3) is 0 Å². The maximum Gasteiger partial charge on any atom is 0.257 e. The molecule has 3 aromatic rings. The minimum absolute atomic E-state index is 0.0198. The number of halogens is 1. The molecule has 1 aliphatic rings. The van der Waals surface area contributed by atoms with E-state index in [9.17, 15) is 9.59 Å². The Labute approximate surface area is 190 Å². The van der Waals surface area contributed by atoms with Crippen molar-refractivity contribution in [2.45, 2.75) is 12.3 Å². The van der Waals surface area contributed by atoms with Crippen LogP contribution in [0.15, 0.2) is 72.8 Å². The van der Waals surface area contributed by atoms with E-state index in [1.165, 1.54) is 11.8 Å². The summed E-state index contributed by atoms with van der Waals surface area (Å²) in [5.74, 6) is 0.853. The fraction of sp³-hybridized carbons (Fsp3) is 0.167. The first-order valence-corrected chi connectivity index (χ1v) is 11.3. The number of benzene rings is 3. The third-order valence-electron chi connectivity index (χ3n) is 4.89. The first kappa shape index (κ1) is 21.3. The molecule has 1 fully saturated rings. The van der Waals surface area contributed by atoms with Gasteiger partial charge in [-0.15, -0.1) is 11.8 Å². The number of hydrogen-bond donors (Lipinski definition) is 1. The Kier molecular flexibility index (Phi) is 6.49. The van der Waals surface area contributed by atoms with Crippen molar-refractivity contribution in [3.63, 3.8) is 0 Å². The van der Waals surface area contributed by atoms with Gasteiger partial charge in [0.2, 0.25) is 5.91 Å². The molecule has 1 N–H and O–H groups in total. The van der Waals surface area contributed by atoms with Gasteiger partial charge in [-0.3, -0.25) is 14.5 Å². The van der Waals surface area contributed by atoms with E-state index >= 15 is 0 Å². The van der Waals surface area contributed by atoms with Gasteiger partial charge in [0.15, 0.2) is 0 Å². The molecule has 31 heavy (non-hydrogen) atoms. The summed E-state index contributed by atoms with van der Waals surface area (Å²) in [6.07, 6.45) is 0. The highest BCUT2D eigenvalue weighted by Gasteiger charge is 2.35. The van der Waals surface area contributed by atoms with Gasteiger partial charge in [-0.2, -0.15) is 0 Å². The van der Waals surface area contributed by atoms with Gasteiger partial charge in [-0.25, -0.2) is 0 Å². The van der Waals surface area contributed by atoms with Crippen LogP contribution in [0.1, 0.15) is 28.2 Å². The molecule has 0 saturated carbocycles. The van der Waals surface area contributed by atoms with Crippen LogP contribution in [-0.2, 0) is 4.79 Å². The molecule has 1 unspecified atom stereocenters. The topological polar surface area (TPSA) is 58.6 Å². The molecular formula is C24H21ClN2O3S. The maximum absolute atomic E-state index is 12.8. The van der Waals surface area contributed by atoms with E-state index in [0.29, 0.717) is 28.6 Å². The second-order valence-electron chi connectivity index (χ2n) is 6.88. The molecule has 4 rings (SSSR count). The zero-order valence-corrected chi connectivity index (χ0v) is 18.5. The number of carbonyl (C=O) groups is 2. The second-order valence-corrected chi connectivity index (χ2v) is 8.35. The van der Waals surface area contributed by atoms with Crippen molar-refractivity contribution >= 4 is 46.6 Å². The summed E-state index contributed by atoms with van der Waals surface area (Å²) >= 11 is 7.71. The lowest BCUT2D eigenvalue weighted by molar-refractivity contribution is -0.115. The Morgan fingerprint density at radius 3 is 2.55 bits per heavy atom. The summed E-state index contributed by atoms with van der Waals surface area (Å²) in [4.78, 5) is 27.3. The Bertz CT molecular complexity index is 1100. The fourth-order valence-electron chi connectivity index (χ4n) is 3.46. The third kappa shape index (κ3) is 4.55. The number of thioether (sulfide) groups is 1. The van der Waals surface area contributed by atoms with Crippen LogP contribution in [0.2, 0.25) is 5.02 Å². The van der Waals surface area contributed by atoms with E-state index in [0.717, 1.165) is 17.0 Å². The number of rotatable bonds is 6. The maximum atomic E-state index is 12.8. The molecule has 0 aliphatic carbocycles. The highest BCUT2D eigenvalue weighted by atomic mass is 35.5. The molecule has 0 radical (unpaired) electrons. The van der Waals surface area contributed by atoms with E-state index < -0.39 is 0 Å². The Morgan fingerprint density at radius 1 is 1.10 bits per heavy atom. The minimum Gasteiger partial charge on any atom is -0.494 e. The summed E-state index contributed by atoms with van der Waals surface area (Å²) in [7, 11) is 0. The monoisotopic (exact) mass is 452 g/mol. The van der Waals surface area contributed by atoms with Crippen molar-refractivity contribution in [2.75, 3.05) is 22.6 Å². The van der Waals surface area contributed by atoms with E-state index in [4.69, 9.17) is 16.3 Å². The zero-order valence-electron chi connectivity index (χ0n) is 16.9. The number of hydrogen-bond acceptors (Lipinski definition) is 4. The number of nitrogens with zero attached hydrogens (tertiary/aromatic N) is 1. The van der Waals surface area contributed by atoms with Gasteiger partial charge in [0.05, 0.1) is 22.9 Å². The molecule has 1 heterocycles. The molecule has 0 bridgehead atoms. The Morgan fingerprint density at radius 2 is 1.81 bits per heavy atom. The van der Waals surface area contributed by atoms with Crippen molar-refractivity contribution in [1.29, 1.82) is 0 Å². The third-order valence-corrected chi connectivity index (χ3v) is 6.41. The first-order valence-electron chi connectivity index (χ1n) is 9.90. The molecule has 3 aromatic carbocycles. The quantitative estimate of drug-likeness (QED) is 0.515. The lowest BCUT2D eigenvalue weighted by Crippen LogP contribution is -2.28. The summed E-state index contributed by atoms with van der Waals surface area (Å²) in [5, 5.41) is 3.09. The molecule has 158 valence electrons. The summed E-state index contributed by atoms with van der Waals surface area (Å²) in [5.41, 5.74) is 2.69. The number of para-hydroxylation sites is 1. The number of amides is 2. The van der Waals surface area contributed by atoms with Crippen LogP contribution < -0.4 is 15.0 Å². The van der Waals surface area contributed by atoms with Gasteiger partial charge >= 0.3 is 0 Å². The van der Waals surface area contributed by atoms with Gasteiger partial charge in [0.25, 0.3) is 5.91 Å². The smallest absolute Gasteiger partial charge is 0.257 e. The number of nitrogens with one attached hydrogen (secondary N) is 1. The van der Waals surface area contributed by atoms with E-state index in [1.807, 2.05) is 55.5 Å². The number of anilines is 2. The van der Waals surface area contributed by atoms with E-state index in [2.05, 4.69) is 5.32 Å². The molecule has 1 aliphatic heterocycles. The largest absolute Gasteiger partial charge is 0.494 e. The van der Waals surface area contributed by atoms with Crippen molar-refractivity contribution in [3.05, 3.63) is 88.9 Å². The minimum atomic E-state index is -0.292. The average molecular weight is 453 g/mol. The Balaban J connectivity index is 1.63. The van der Waals surface area contributed by atoms with Crippen molar-refractivity contribution in [2.24, 2.45) is 0 Å². The molecule has 1 saturated heterocycles. The SMILES string of the molecule is CCOc1ccc(N2C(=O)CSC2c2ccccc2NC(=O)c2ccccc2Cl)cc1. The predicted molar refractivity (Wildman–Crippen MR) is 126 cm³/mol. The van der Waals surface area contributed by atoms with Crippen molar-refractivity contribution in [3.8, 4) is 5.75 Å². The molecule has 5 nitrogen and oxygen atoms in total. The van der Waals surface area contributed by atoms with Gasteiger partial charge in [0.1, 0.15) is 11.1 Å². The fourth-order valence-corrected chi connectivity index (χ4v) is 4.90. The van der Waals surface area contributed by atoms with Gasteiger partial charge in [-0.1, -0.05) is 41.9 Å². The number of carbonyl (C=O) groups excluding carboxylic acids is 2. The highest BCUT2D eigenvalue weighted by Crippen LogP contribution is 2.44. The summed E-state index contributed by atoms with van der Waals surface area (Å²) in [6, 6.07) is 21.9. The molecule has 1 atom stereocenters. The van der Waals surface area contributed by atoms with Crippen molar-refractivity contribution in [1.82, 2.24) is 0 Å².